The van der Waals surface area contributed by atoms with Gasteiger partial charge in [-0.1, -0.05) is 38.1 Å². The summed E-state index contributed by atoms with van der Waals surface area (Å²) in [5, 5.41) is 0. The highest BCUT2D eigenvalue weighted by Crippen LogP contribution is 2.22. The number of nitrogens with zero attached hydrogens (tertiary/aromatic N) is 2. The summed E-state index contributed by atoms with van der Waals surface area (Å²) in [7, 11) is 0. The van der Waals surface area contributed by atoms with Crippen molar-refractivity contribution >= 4 is 0 Å². The molecule has 1 aromatic heterocycles. The third-order valence-corrected chi connectivity index (χ3v) is 2.74. The first-order valence-corrected chi connectivity index (χ1v) is 5.82. The Balaban J connectivity index is 2.40. The highest BCUT2D eigenvalue weighted by Gasteiger charge is 2.06. The van der Waals surface area contributed by atoms with Crippen molar-refractivity contribution in [2.45, 2.75) is 26.3 Å². The molecule has 0 amide bonds. The van der Waals surface area contributed by atoms with Crippen LogP contribution in [0.5, 0.6) is 0 Å². The van der Waals surface area contributed by atoms with Gasteiger partial charge >= 0.3 is 0 Å². The smallest absolute Gasteiger partial charge is 0.130 e. The lowest BCUT2D eigenvalue weighted by atomic mass is 10.0. The lowest BCUT2D eigenvalue weighted by Crippen LogP contribution is -2.00. The van der Waals surface area contributed by atoms with Crippen molar-refractivity contribution in [3.8, 4) is 11.1 Å². The number of hydrogen-bond acceptors (Lipinski definition) is 3. The molecule has 3 nitrogen and oxygen atoms in total. The maximum absolute atomic E-state index is 5.73. The van der Waals surface area contributed by atoms with E-state index >= 15 is 0 Å². The molecule has 0 spiro atoms. The first-order chi connectivity index (χ1) is 8.22. The van der Waals surface area contributed by atoms with Crippen LogP contribution in [0.1, 0.15) is 31.2 Å². The first-order valence-electron chi connectivity index (χ1n) is 5.82. The molecule has 0 aliphatic heterocycles. The van der Waals surface area contributed by atoms with Crippen LogP contribution < -0.4 is 5.73 Å². The first kappa shape index (κ1) is 11.7. The van der Waals surface area contributed by atoms with E-state index in [0.29, 0.717) is 12.5 Å². The molecule has 0 bridgehead atoms. The molecule has 88 valence electrons. The molecular formula is C14H17N3. The summed E-state index contributed by atoms with van der Waals surface area (Å²) in [5.74, 6) is 1.23. The second kappa shape index (κ2) is 5.06. The Morgan fingerprint density at radius 2 is 1.76 bits per heavy atom. The van der Waals surface area contributed by atoms with E-state index in [1.54, 1.807) is 0 Å². The quantitative estimate of drug-likeness (QED) is 0.877. The molecule has 2 N–H and O–H groups in total. The molecule has 3 heteroatoms. The van der Waals surface area contributed by atoms with Crippen LogP contribution in [0.2, 0.25) is 0 Å². The van der Waals surface area contributed by atoms with Crippen LogP contribution in [-0.4, -0.2) is 9.97 Å². The summed E-state index contributed by atoms with van der Waals surface area (Å²) in [6, 6.07) is 8.08. The van der Waals surface area contributed by atoms with Crippen molar-refractivity contribution in [2.75, 3.05) is 0 Å². The standard InChI is InChI=1S/C14H17N3/c1-10(2)14-16-8-12(9-17-14)13-6-4-3-5-11(13)7-15/h3-6,8-10H,7,15H2,1-2H3. The molecule has 1 heterocycles. The van der Waals surface area contributed by atoms with E-state index in [1.165, 1.54) is 0 Å². The third kappa shape index (κ3) is 2.50. The average molecular weight is 227 g/mol. The molecule has 0 atom stereocenters. The van der Waals surface area contributed by atoms with Crippen LogP contribution in [0.25, 0.3) is 11.1 Å². The van der Waals surface area contributed by atoms with Gasteiger partial charge in [0.15, 0.2) is 0 Å². The number of nitrogens with two attached hydrogens (primary N) is 1. The maximum atomic E-state index is 5.73. The maximum Gasteiger partial charge on any atom is 0.130 e. The van der Waals surface area contributed by atoms with E-state index in [4.69, 9.17) is 5.73 Å². The topological polar surface area (TPSA) is 51.8 Å². The molecule has 0 unspecified atom stereocenters. The van der Waals surface area contributed by atoms with Gasteiger partial charge in [0.05, 0.1) is 0 Å². The molecule has 0 radical (unpaired) electrons. The molecule has 0 saturated carbocycles. The van der Waals surface area contributed by atoms with Crippen molar-refractivity contribution in [3.63, 3.8) is 0 Å². The van der Waals surface area contributed by atoms with Crippen LogP contribution in [0.4, 0.5) is 0 Å². The predicted molar refractivity (Wildman–Crippen MR) is 69.4 cm³/mol. The lowest BCUT2D eigenvalue weighted by Gasteiger charge is -2.08. The Morgan fingerprint density at radius 1 is 1.12 bits per heavy atom. The Labute approximate surface area is 102 Å². The molecule has 1 aromatic carbocycles. The van der Waals surface area contributed by atoms with Crippen molar-refractivity contribution < 1.29 is 0 Å². The molecule has 2 rings (SSSR count). The monoisotopic (exact) mass is 227 g/mol. The lowest BCUT2D eigenvalue weighted by molar-refractivity contribution is 0.774. The largest absolute Gasteiger partial charge is 0.326 e. The molecule has 2 aromatic rings. The summed E-state index contributed by atoms with van der Waals surface area (Å²) >= 11 is 0. The fourth-order valence-electron chi connectivity index (χ4n) is 1.76. The summed E-state index contributed by atoms with van der Waals surface area (Å²) in [5.41, 5.74) is 8.98. The van der Waals surface area contributed by atoms with Crippen LogP contribution >= 0.6 is 0 Å². The van der Waals surface area contributed by atoms with Crippen molar-refractivity contribution in [2.24, 2.45) is 5.73 Å². The van der Waals surface area contributed by atoms with E-state index in [9.17, 15) is 0 Å². The van der Waals surface area contributed by atoms with E-state index in [1.807, 2.05) is 30.6 Å². The van der Waals surface area contributed by atoms with Gasteiger partial charge < -0.3 is 5.73 Å². The number of rotatable bonds is 3. The SMILES string of the molecule is CC(C)c1ncc(-c2ccccc2CN)cn1. The number of benzene rings is 1. The molecule has 0 aliphatic carbocycles. The molecule has 17 heavy (non-hydrogen) atoms. The average Bonchev–Trinajstić information content (AvgIpc) is 2.39. The van der Waals surface area contributed by atoms with Gasteiger partial charge in [-0.15, -0.1) is 0 Å². The van der Waals surface area contributed by atoms with Gasteiger partial charge in [-0.2, -0.15) is 0 Å². The van der Waals surface area contributed by atoms with E-state index in [0.717, 1.165) is 22.5 Å². The Kier molecular flexibility index (Phi) is 3.49. The van der Waals surface area contributed by atoms with E-state index in [2.05, 4.69) is 29.9 Å². The normalized spacial score (nSPS) is 10.8. The molecular weight excluding hydrogens is 210 g/mol. The van der Waals surface area contributed by atoms with E-state index < -0.39 is 0 Å². The summed E-state index contributed by atoms with van der Waals surface area (Å²) < 4.78 is 0. The second-order valence-electron chi connectivity index (χ2n) is 4.35. The summed E-state index contributed by atoms with van der Waals surface area (Å²) in [6.07, 6.45) is 3.74. The van der Waals surface area contributed by atoms with E-state index in [-0.39, 0.29) is 0 Å². The summed E-state index contributed by atoms with van der Waals surface area (Å²) in [6.45, 7) is 4.70. The fourth-order valence-corrected chi connectivity index (χ4v) is 1.76. The molecule has 0 aliphatic rings. The zero-order valence-electron chi connectivity index (χ0n) is 10.2. The van der Waals surface area contributed by atoms with Gasteiger partial charge in [0, 0.05) is 30.4 Å². The van der Waals surface area contributed by atoms with Gasteiger partial charge in [-0.3, -0.25) is 0 Å². The van der Waals surface area contributed by atoms with Crippen LogP contribution in [0.3, 0.4) is 0 Å². The zero-order chi connectivity index (χ0) is 12.3. The highest BCUT2D eigenvalue weighted by molar-refractivity contribution is 5.65. The van der Waals surface area contributed by atoms with Crippen molar-refractivity contribution in [3.05, 3.63) is 48.0 Å². The summed E-state index contributed by atoms with van der Waals surface area (Å²) in [4.78, 5) is 8.76. The minimum atomic E-state index is 0.355. The van der Waals surface area contributed by atoms with Crippen LogP contribution in [0.15, 0.2) is 36.7 Å². The van der Waals surface area contributed by atoms with Gasteiger partial charge in [-0.25, -0.2) is 9.97 Å². The molecule has 0 fully saturated rings. The van der Waals surface area contributed by atoms with Gasteiger partial charge in [0.1, 0.15) is 5.82 Å². The fraction of sp³-hybridized carbons (Fsp3) is 0.286. The Bertz CT molecular complexity index is 489. The number of hydrogen-bond donors (Lipinski definition) is 1. The second-order valence-corrected chi connectivity index (χ2v) is 4.35. The van der Waals surface area contributed by atoms with Crippen LogP contribution in [-0.2, 0) is 6.54 Å². The minimum absolute atomic E-state index is 0.355. The van der Waals surface area contributed by atoms with Crippen molar-refractivity contribution in [1.29, 1.82) is 0 Å². The third-order valence-electron chi connectivity index (χ3n) is 2.74. The predicted octanol–water partition coefficient (Wildman–Crippen LogP) is 2.73. The van der Waals surface area contributed by atoms with Crippen molar-refractivity contribution in [1.82, 2.24) is 9.97 Å². The Morgan fingerprint density at radius 3 is 2.35 bits per heavy atom. The zero-order valence-corrected chi connectivity index (χ0v) is 10.2. The Hall–Kier alpha value is -1.74. The van der Waals surface area contributed by atoms with Gasteiger partial charge in [-0.05, 0) is 11.1 Å². The highest BCUT2D eigenvalue weighted by atomic mass is 14.9. The molecule has 0 saturated heterocycles. The minimum Gasteiger partial charge on any atom is -0.326 e. The number of aromatic nitrogens is 2. The van der Waals surface area contributed by atoms with Crippen LogP contribution in [0, 0.1) is 0 Å². The van der Waals surface area contributed by atoms with Gasteiger partial charge in [0.25, 0.3) is 0 Å². The van der Waals surface area contributed by atoms with Gasteiger partial charge in [0.2, 0.25) is 0 Å².